The number of hydrogen-bond donors (Lipinski definition) is 2. The van der Waals surface area contributed by atoms with Crippen LogP contribution < -0.4 is 14.9 Å². The number of nitrogens with one attached hydrogen (secondary N) is 2. The molecule has 0 heterocycles. The third-order valence-electron chi connectivity index (χ3n) is 4.81. The number of hydrogen-bond acceptors (Lipinski definition) is 5. The van der Waals surface area contributed by atoms with Crippen LogP contribution >= 0.6 is 11.9 Å². The molecule has 6 nitrogen and oxygen atoms in total. The Morgan fingerprint density at radius 2 is 1.93 bits per heavy atom. The van der Waals surface area contributed by atoms with Crippen LogP contribution in [0.1, 0.15) is 43.2 Å². The van der Waals surface area contributed by atoms with E-state index in [2.05, 4.69) is 64.7 Å². The topological polar surface area (TPSA) is 69.1 Å². The highest BCUT2D eigenvalue weighted by Crippen LogP contribution is 2.33. The molecule has 1 aromatic carbocycles. The molecule has 0 fully saturated rings. The van der Waals surface area contributed by atoms with Crippen LogP contribution in [0.15, 0.2) is 47.2 Å². The molecule has 0 saturated heterocycles. The van der Waals surface area contributed by atoms with Gasteiger partial charge in [-0.3, -0.25) is 9.79 Å². The van der Waals surface area contributed by atoms with Gasteiger partial charge in [0.1, 0.15) is 5.84 Å². The van der Waals surface area contributed by atoms with Gasteiger partial charge in [0.25, 0.3) is 0 Å². The summed E-state index contributed by atoms with van der Waals surface area (Å²) in [5.74, 6) is 0.544. The molecule has 0 aliphatic carbocycles. The lowest BCUT2D eigenvalue weighted by Crippen LogP contribution is -2.36. The second kappa shape index (κ2) is 13.6. The molecule has 1 aromatic rings. The maximum atomic E-state index is 12.1. The highest BCUT2D eigenvalue weighted by Gasteiger charge is 2.20. The van der Waals surface area contributed by atoms with Gasteiger partial charge in [0.05, 0.1) is 17.8 Å². The average Bonchev–Trinajstić information content (AvgIpc) is 2.72. The van der Waals surface area contributed by atoms with E-state index in [-0.39, 0.29) is 12.3 Å². The van der Waals surface area contributed by atoms with Gasteiger partial charge in [0, 0.05) is 31.7 Å². The van der Waals surface area contributed by atoms with Crippen molar-refractivity contribution in [1.29, 1.82) is 0 Å². The van der Waals surface area contributed by atoms with Crippen LogP contribution in [0.3, 0.4) is 0 Å². The fourth-order valence-corrected chi connectivity index (χ4v) is 3.44. The molecule has 0 unspecified atom stereocenters. The highest BCUT2D eigenvalue weighted by molar-refractivity contribution is 7.96. The molecule has 0 aliphatic heterocycles. The van der Waals surface area contributed by atoms with E-state index in [0.29, 0.717) is 5.84 Å². The van der Waals surface area contributed by atoms with Gasteiger partial charge in [-0.05, 0) is 63.1 Å². The number of benzene rings is 1. The second-order valence-corrected chi connectivity index (χ2v) is 7.65. The molecule has 1 rings (SSSR count). The molecule has 2 N–H and O–H groups in total. The molecule has 0 aromatic heterocycles. The minimum atomic E-state index is -0.100. The first-order chi connectivity index (χ1) is 14.4. The summed E-state index contributed by atoms with van der Waals surface area (Å²) in [5.41, 5.74) is 5.03. The predicted octanol–water partition coefficient (Wildman–Crippen LogP) is 5.06. The zero-order valence-electron chi connectivity index (χ0n) is 18.8. The van der Waals surface area contributed by atoms with E-state index in [9.17, 15) is 4.79 Å². The Morgan fingerprint density at radius 3 is 2.53 bits per heavy atom. The molecule has 0 spiro atoms. The number of aliphatic imine (C=N–C) groups is 2. The molecule has 164 valence electrons. The molecular weight excluding hydrogens is 394 g/mol. The van der Waals surface area contributed by atoms with Gasteiger partial charge < -0.3 is 14.9 Å². The standard InChI is InChI=1S/C23H35N5OS/c1-8-26-22(16-23(29)25-6)28(13-11-9-10-12-19(4)27-30-7)21-15-18(3)17(2)14-20(21)24-5/h8,14-15,27H,1,4-5,9-13,16H2,2-3,6-7H3,(H,25,29). The van der Waals surface area contributed by atoms with Crippen molar-refractivity contribution >= 4 is 41.8 Å². The van der Waals surface area contributed by atoms with E-state index in [0.717, 1.165) is 60.4 Å². The molecule has 7 heteroatoms. The maximum absolute atomic E-state index is 12.1. The van der Waals surface area contributed by atoms with Crippen molar-refractivity contribution < 1.29 is 4.79 Å². The quantitative estimate of drug-likeness (QED) is 0.199. The third-order valence-corrected chi connectivity index (χ3v) is 5.30. The molecule has 30 heavy (non-hydrogen) atoms. The Morgan fingerprint density at radius 1 is 1.23 bits per heavy atom. The SMILES string of the molecule is C=CN=C(CC(=O)NC)N(CCCCCC(=C)NSC)c1cc(C)c(C)cc1N=C. The lowest BCUT2D eigenvalue weighted by molar-refractivity contribution is -0.119. The zero-order chi connectivity index (χ0) is 22.5. The van der Waals surface area contributed by atoms with Crippen molar-refractivity contribution in [2.24, 2.45) is 9.98 Å². The van der Waals surface area contributed by atoms with E-state index >= 15 is 0 Å². The molecule has 0 bridgehead atoms. The fourth-order valence-electron chi connectivity index (χ4n) is 3.05. The predicted molar refractivity (Wildman–Crippen MR) is 133 cm³/mol. The zero-order valence-corrected chi connectivity index (χ0v) is 19.6. The van der Waals surface area contributed by atoms with Gasteiger partial charge in [0.15, 0.2) is 0 Å². The van der Waals surface area contributed by atoms with Gasteiger partial charge in [0.2, 0.25) is 5.91 Å². The van der Waals surface area contributed by atoms with Crippen LogP contribution in [0.25, 0.3) is 0 Å². The van der Waals surface area contributed by atoms with E-state index in [1.165, 1.54) is 6.20 Å². The smallest absolute Gasteiger partial charge is 0.227 e. The molecule has 0 atom stereocenters. The van der Waals surface area contributed by atoms with Crippen molar-refractivity contribution in [2.45, 2.75) is 46.0 Å². The second-order valence-electron chi connectivity index (χ2n) is 7.03. The van der Waals surface area contributed by atoms with Crippen molar-refractivity contribution in [3.8, 4) is 0 Å². The first-order valence-electron chi connectivity index (χ1n) is 10.1. The fraction of sp³-hybridized carbons (Fsp3) is 0.435. The van der Waals surface area contributed by atoms with Crippen LogP contribution in [0, 0.1) is 13.8 Å². The number of allylic oxidation sites excluding steroid dienone is 1. The van der Waals surface area contributed by atoms with E-state index < -0.39 is 0 Å². The van der Waals surface area contributed by atoms with E-state index in [1.54, 1.807) is 19.0 Å². The summed E-state index contributed by atoms with van der Waals surface area (Å²) < 4.78 is 3.18. The van der Waals surface area contributed by atoms with Crippen LogP contribution in [-0.4, -0.2) is 38.3 Å². The van der Waals surface area contributed by atoms with E-state index in [1.807, 2.05) is 12.3 Å². The number of nitrogens with zero attached hydrogens (tertiary/aromatic N) is 3. The number of carbonyl (C=O) groups is 1. The Hall–Kier alpha value is -2.54. The molecule has 0 saturated carbocycles. The Balaban J connectivity index is 3.11. The number of amidine groups is 1. The molecule has 1 amide bonds. The first kappa shape index (κ1) is 25.5. The molecular formula is C23H35N5OS. The van der Waals surface area contributed by atoms with Gasteiger partial charge in [-0.15, -0.1) is 0 Å². The Labute approximate surface area is 185 Å². The number of unbranched alkanes of at least 4 members (excludes halogenated alkanes) is 2. The average molecular weight is 430 g/mol. The highest BCUT2D eigenvalue weighted by atomic mass is 32.2. The Kier molecular flexibility index (Phi) is 11.6. The van der Waals surface area contributed by atoms with Gasteiger partial charge >= 0.3 is 0 Å². The van der Waals surface area contributed by atoms with Gasteiger partial charge in [-0.1, -0.05) is 31.5 Å². The van der Waals surface area contributed by atoms with E-state index in [4.69, 9.17) is 0 Å². The maximum Gasteiger partial charge on any atom is 0.227 e. The van der Waals surface area contributed by atoms with Crippen LogP contribution in [0.4, 0.5) is 11.4 Å². The number of rotatable bonds is 13. The summed E-state index contributed by atoms with van der Waals surface area (Å²) in [5, 5.41) is 2.67. The lowest BCUT2D eigenvalue weighted by Gasteiger charge is -2.28. The number of aryl methyl sites for hydroxylation is 2. The van der Waals surface area contributed by atoms with Crippen molar-refractivity contribution in [3.63, 3.8) is 0 Å². The number of amides is 1. The van der Waals surface area contributed by atoms with Crippen molar-refractivity contribution in [3.05, 3.63) is 48.3 Å². The van der Waals surface area contributed by atoms with Crippen molar-refractivity contribution in [1.82, 2.24) is 10.0 Å². The van der Waals surface area contributed by atoms with Gasteiger partial charge in [-0.25, -0.2) is 4.99 Å². The summed E-state index contributed by atoms with van der Waals surface area (Å²) in [7, 11) is 1.63. The largest absolute Gasteiger partial charge is 0.359 e. The normalized spacial score (nSPS) is 11.0. The van der Waals surface area contributed by atoms with Crippen LogP contribution in [-0.2, 0) is 4.79 Å². The molecule has 0 aliphatic rings. The van der Waals surface area contributed by atoms with Crippen LogP contribution in [0.2, 0.25) is 0 Å². The van der Waals surface area contributed by atoms with Crippen molar-refractivity contribution in [2.75, 3.05) is 24.7 Å². The summed E-state index contributed by atoms with van der Waals surface area (Å²) in [6.07, 6.45) is 7.60. The van der Waals surface area contributed by atoms with Gasteiger partial charge in [-0.2, -0.15) is 0 Å². The number of anilines is 1. The summed E-state index contributed by atoms with van der Waals surface area (Å²) in [4.78, 5) is 22.8. The first-order valence-corrected chi connectivity index (χ1v) is 11.3. The monoisotopic (exact) mass is 429 g/mol. The summed E-state index contributed by atoms with van der Waals surface area (Å²) >= 11 is 1.56. The lowest BCUT2D eigenvalue weighted by atomic mass is 10.1. The third kappa shape index (κ3) is 8.06. The minimum Gasteiger partial charge on any atom is -0.359 e. The molecule has 0 radical (unpaired) electrons. The number of carbonyl (C=O) groups excluding carboxylic acids is 1. The summed E-state index contributed by atoms with van der Waals surface area (Å²) in [6.45, 7) is 16.3. The minimum absolute atomic E-state index is 0.100. The Bertz CT molecular complexity index is 788. The summed E-state index contributed by atoms with van der Waals surface area (Å²) in [6, 6.07) is 4.11. The van der Waals surface area contributed by atoms with Crippen LogP contribution in [0.5, 0.6) is 0 Å².